The summed E-state index contributed by atoms with van der Waals surface area (Å²) >= 11 is 0. The first-order valence-corrected chi connectivity index (χ1v) is 8.57. The Morgan fingerprint density at radius 1 is 1.39 bits per heavy atom. The number of hydrogen-bond acceptors (Lipinski definition) is 9. The van der Waals surface area contributed by atoms with Crippen molar-refractivity contribution >= 4 is 17.4 Å². The third kappa shape index (κ3) is 3.82. The minimum Gasteiger partial charge on any atom is -0.497 e. The molecule has 0 aliphatic rings. The van der Waals surface area contributed by atoms with Crippen LogP contribution in [0.15, 0.2) is 34.0 Å². The van der Waals surface area contributed by atoms with Crippen LogP contribution < -0.4 is 15.9 Å². The van der Waals surface area contributed by atoms with Crippen LogP contribution in [0.25, 0.3) is 5.82 Å². The van der Waals surface area contributed by atoms with Crippen molar-refractivity contribution in [1.29, 1.82) is 0 Å². The molecule has 1 aromatic carbocycles. The van der Waals surface area contributed by atoms with Crippen LogP contribution in [-0.2, 0) is 6.42 Å². The van der Waals surface area contributed by atoms with Crippen molar-refractivity contribution in [1.82, 2.24) is 30.7 Å². The summed E-state index contributed by atoms with van der Waals surface area (Å²) < 4.78 is 11.2. The number of carbonyl (C=O) groups excluding carboxylic acids is 1. The lowest BCUT2D eigenvalue weighted by molar-refractivity contribution is 0.0948. The predicted octanol–water partition coefficient (Wildman–Crippen LogP) is 1.35. The molecule has 0 unspecified atom stereocenters. The molecule has 0 fully saturated rings. The second-order valence-electron chi connectivity index (χ2n) is 5.89. The van der Waals surface area contributed by atoms with E-state index in [-0.39, 0.29) is 17.3 Å². The van der Waals surface area contributed by atoms with Gasteiger partial charge in [0.15, 0.2) is 5.69 Å². The van der Waals surface area contributed by atoms with Gasteiger partial charge in [-0.25, -0.2) is 10.1 Å². The highest BCUT2D eigenvalue weighted by Gasteiger charge is 2.23. The topological polar surface area (TPSA) is 146 Å². The number of aromatic nitrogens is 5. The lowest BCUT2D eigenvalue weighted by atomic mass is 10.1. The number of methoxy groups -OCH3 is 1. The normalized spacial score (nSPS) is 11.5. The number of amides is 1. The van der Waals surface area contributed by atoms with Crippen molar-refractivity contribution in [2.24, 2.45) is 5.10 Å². The molecule has 11 nitrogen and oxygen atoms in total. The third-order valence-corrected chi connectivity index (χ3v) is 3.97. The number of nitrogen functional groups attached to an aromatic ring is 1. The maximum absolute atomic E-state index is 12.6. The molecule has 0 aliphatic carbocycles. The van der Waals surface area contributed by atoms with Crippen LogP contribution >= 0.6 is 0 Å². The monoisotopic (exact) mass is 384 g/mol. The largest absolute Gasteiger partial charge is 0.497 e. The Kier molecular flexibility index (Phi) is 5.63. The van der Waals surface area contributed by atoms with Crippen molar-refractivity contribution in [3.8, 4) is 11.6 Å². The van der Waals surface area contributed by atoms with E-state index in [1.54, 1.807) is 14.0 Å². The molecule has 0 spiro atoms. The van der Waals surface area contributed by atoms with Gasteiger partial charge in [0.25, 0.3) is 5.91 Å². The molecule has 0 radical (unpaired) electrons. The number of nitrogens with zero attached hydrogens (tertiary/aromatic N) is 6. The zero-order valence-electron chi connectivity index (χ0n) is 15.7. The highest BCUT2D eigenvalue weighted by molar-refractivity contribution is 6.00. The first-order valence-electron chi connectivity index (χ1n) is 8.57. The van der Waals surface area contributed by atoms with E-state index in [4.69, 9.17) is 10.5 Å². The molecule has 3 aromatic rings. The summed E-state index contributed by atoms with van der Waals surface area (Å²) in [7, 11) is 1.59. The molecule has 0 aliphatic heterocycles. The lowest BCUT2D eigenvalue weighted by Crippen LogP contribution is -2.21. The lowest BCUT2D eigenvalue weighted by Gasteiger charge is -2.06. The fraction of sp³-hybridized carbons (Fsp3) is 0.294. The van der Waals surface area contributed by atoms with Gasteiger partial charge in [-0.3, -0.25) is 4.79 Å². The van der Waals surface area contributed by atoms with Crippen molar-refractivity contribution in [2.45, 2.75) is 26.7 Å². The molecular formula is C17H20N8O3. The number of ether oxygens (including phenoxy) is 1. The van der Waals surface area contributed by atoms with Gasteiger partial charge < -0.3 is 10.5 Å². The van der Waals surface area contributed by atoms with Crippen LogP contribution in [0.1, 0.15) is 42.0 Å². The summed E-state index contributed by atoms with van der Waals surface area (Å²) in [6, 6.07) is 7.36. The molecule has 28 heavy (non-hydrogen) atoms. The van der Waals surface area contributed by atoms with Gasteiger partial charge in [-0.1, -0.05) is 30.7 Å². The molecule has 0 saturated carbocycles. The van der Waals surface area contributed by atoms with Crippen molar-refractivity contribution in [2.75, 3.05) is 12.8 Å². The molecule has 2 aromatic heterocycles. The van der Waals surface area contributed by atoms with E-state index in [0.717, 1.165) is 12.0 Å². The van der Waals surface area contributed by atoms with Gasteiger partial charge in [-0.2, -0.15) is 9.78 Å². The molecule has 0 atom stereocenters. The Morgan fingerprint density at radius 2 is 2.21 bits per heavy atom. The number of carbonyl (C=O) groups is 1. The van der Waals surface area contributed by atoms with Gasteiger partial charge in [-0.05, 0) is 35.8 Å². The van der Waals surface area contributed by atoms with Crippen LogP contribution in [-0.4, -0.2) is 44.0 Å². The molecule has 1 amide bonds. The van der Waals surface area contributed by atoms with E-state index in [1.165, 1.54) is 4.68 Å². The number of nitrogens with one attached hydrogen (secondary N) is 1. The Labute approximate surface area is 160 Å². The number of hydrogen-bond donors (Lipinski definition) is 2. The number of anilines is 1. The van der Waals surface area contributed by atoms with E-state index < -0.39 is 5.91 Å². The summed E-state index contributed by atoms with van der Waals surface area (Å²) in [5, 5.41) is 19.3. The molecule has 3 rings (SSSR count). The van der Waals surface area contributed by atoms with E-state index in [9.17, 15) is 4.79 Å². The van der Waals surface area contributed by atoms with E-state index in [0.29, 0.717) is 23.6 Å². The molecule has 2 heterocycles. The molecular weight excluding hydrogens is 364 g/mol. The predicted molar refractivity (Wildman–Crippen MR) is 100 cm³/mol. The molecule has 0 bridgehead atoms. The Morgan fingerprint density at radius 3 is 2.89 bits per heavy atom. The second-order valence-corrected chi connectivity index (χ2v) is 5.89. The summed E-state index contributed by atoms with van der Waals surface area (Å²) in [6.07, 6.45) is 1.28. The second kappa shape index (κ2) is 8.29. The van der Waals surface area contributed by atoms with Crippen LogP contribution in [0.5, 0.6) is 5.75 Å². The Bertz CT molecular complexity index is 1010. The average Bonchev–Trinajstić information content (AvgIpc) is 3.32. The highest BCUT2D eigenvalue weighted by atomic mass is 16.6. The van der Waals surface area contributed by atoms with E-state index in [1.807, 2.05) is 31.2 Å². The molecule has 11 heteroatoms. The first kappa shape index (κ1) is 19.0. The van der Waals surface area contributed by atoms with E-state index in [2.05, 4.69) is 35.8 Å². The Balaban J connectivity index is 1.84. The molecule has 0 saturated heterocycles. The van der Waals surface area contributed by atoms with Gasteiger partial charge in [-0.15, -0.1) is 5.10 Å². The minimum absolute atomic E-state index is 0.0566. The fourth-order valence-electron chi connectivity index (χ4n) is 2.55. The zero-order chi connectivity index (χ0) is 20.1. The van der Waals surface area contributed by atoms with E-state index >= 15 is 0 Å². The van der Waals surface area contributed by atoms with Gasteiger partial charge in [0.1, 0.15) is 5.75 Å². The number of rotatable bonds is 7. The Hall–Kier alpha value is -3.76. The van der Waals surface area contributed by atoms with Crippen LogP contribution in [0, 0.1) is 0 Å². The van der Waals surface area contributed by atoms with Crippen molar-refractivity contribution in [3.05, 3.63) is 41.2 Å². The zero-order valence-corrected chi connectivity index (χ0v) is 15.7. The van der Waals surface area contributed by atoms with Gasteiger partial charge in [0.2, 0.25) is 11.6 Å². The summed E-state index contributed by atoms with van der Waals surface area (Å²) in [4.78, 5) is 12.6. The SMILES string of the molecule is CCCc1c(C(=O)N/N=C(/C)c2cccc(OC)c2)nnn1-c1nonc1N. The number of benzene rings is 1. The quantitative estimate of drug-likeness (QED) is 0.458. The maximum Gasteiger partial charge on any atom is 0.293 e. The van der Waals surface area contributed by atoms with Gasteiger partial charge in [0.05, 0.1) is 18.5 Å². The molecule has 3 N–H and O–H groups in total. The van der Waals surface area contributed by atoms with Crippen LogP contribution in [0.2, 0.25) is 0 Å². The minimum atomic E-state index is -0.494. The smallest absolute Gasteiger partial charge is 0.293 e. The molecule has 146 valence electrons. The summed E-state index contributed by atoms with van der Waals surface area (Å²) in [5.41, 5.74) is 10.3. The first-order chi connectivity index (χ1) is 13.5. The third-order valence-electron chi connectivity index (χ3n) is 3.97. The highest BCUT2D eigenvalue weighted by Crippen LogP contribution is 2.17. The van der Waals surface area contributed by atoms with Gasteiger partial charge in [0, 0.05) is 5.56 Å². The van der Waals surface area contributed by atoms with Crippen molar-refractivity contribution < 1.29 is 14.2 Å². The van der Waals surface area contributed by atoms with Crippen LogP contribution in [0.3, 0.4) is 0 Å². The van der Waals surface area contributed by atoms with Gasteiger partial charge >= 0.3 is 0 Å². The standard InChI is InChI=1S/C17H20N8O3/c1-4-6-13-14(20-24-25(13)16-15(18)22-28-23-16)17(26)21-19-10(2)11-7-5-8-12(9-11)27-3/h5,7-9H,4,6H2,1-3H3,(H2,18,22)(H,21,26)/b19-10-. The average molecular weight is 384 g/mol. The van der Waals surface area contributed by atoms with Crippen LogP contribution in [0.4, 0.5) is 5.82 Å². The number of hydrazone groups is 1. The fourth-order valence-corrected chi connectivity index (χ4v) is 2.55. The summed E-state index contributed by atoms with van der Waals surface area (Å²) in [5.74, 6) is 0.449. The van der Waals surface area contributed by atoms with Crippen molar-refractivity contribution in [3.63, 3.8) is 0 Å². The number of nitrogens with two attached hydrogens (primary N) is 1. The summed E-state index contributed by atoms with van der Waals surface area (Å²) in [6.45, 7) is 3.75. The maximum atomic E-state index is 12.6.